The molecular weight excluding hydrogens is 268 g/mol. The maximum absolute atomic E-state index is 12.1. The monoisotopic (exact) mass is 282 g/mol. The van der Waals surface area contributed by atoms with E-state index in [1.54, 1.807) is 18.2 Å². The molecular formula is C12H14N2O4S. The molecule has 2 heterocycles. The minimum atomic E-state index is -3.03. The van der Waals surface area contributed by atoms with Crippen LogP contribution in [0.5, 0.6) is 5.75 Å². The van der Waals surface area contributed by atoms with Gasteiger partial charge in [0.15, 0.2) is 9.84 Å². The number of aromatic nitrogens is 2. The van der Waals surface area contributed by atoms with Crippen molar-refractivity contribution in [3.63, 3.8) is 0 Å². The highest BCUT2D eigenvalue weighted by atomic mass is 32.2. The first kappa shape index (κ1) is 12.3. The van der Waals surface area contributed by atoms with Gasteiger partial charge in [0.2, 0.25) is 0 Å². The zero-order valence-corrected chi connectivity index (χ0v) is 11.2. The largest absolute Gasteiger partial charge is 0.494 e. The van der Waals surface area contributed by atoms with Crippen molar-refractivity contribution in [3.05, 3.63) is 28.7 Å². The van der Waals surface area contributed by atoms with E-state index in [9.17, 15) is 13.2 Å². The molecule has 102 valence electrons. The van der Waals surface area contributed by atoms with E-state index in [0.29, 0.717) is 23.2 Å². The molecule has 1 aliphatic heterocycles. The Morgan fingerprint density at radius 2 is 2.21 bits per heavy atom. The van der Waals surface area contributed by atoms with Gasteiger partial charge in [0.05, 0.1) is 30.2 Å². The van der Waals surface area contributed by atoms with Crippen molar-refractivity contribution in [3.8, 4) is 5.75 Å². The molecule has 1 aliphatic rings. The molecule has 1 N–H and O–H groups in total. The smallest absolute Gasteiger partial charge is 0.326 e. The number of ether oxygens (including phenoxy) is 1. The maximum atomic E-state index is 12.1. The van der Waals surface area contributed by atoms with Gasteiger partial charge in [0.25, 0.3) is 0 Å². The zero-order valence-electron chi connectivity index (χ0n) is 10.4. The molecule has 0 aliphatic carbocycles. The molecule has 7 heteroatoms. The molecule has 1 aromatic heterocycles. The van der Waals surface area contributed by atoms with Crippen molar-refractivity contribution in [2.24, 2.45) is 0 Å². The van der Waals surface area contributed by atoms with Crippen LogP contribution < -0.4 is 10.4 Å². The molecule has 19 heavy (non-hydrogen) atoms. The standard InChI is InChI=1S/C12H14N2O4S/c1-18-10-4-2-3-9-11(10)13-12(15)14(9)8-5-6-19(16,17)7-8/h2-4,8H,5-7H2,1H3,(H,13,15). The van der Waals surface area contributed by atoms with Gasteiger partial charge in [0, 0.05) is 0 Å². The van der Waals surface area contributed by atoms with Crippen molar-refractivity contribution in [1.82, 2.24) is 9.55 Å². The van der Waals surface area contributed by atoms with Crippen LogP contribution in [-0.4, -0.2) is 36.6 Å². The molecule has 2 aromatic rings. The Morgan fingerprint density at radius 1 is 1.42 bits per heavy atom. The van der Waals surface area contributed by atoms with E-state index in [2.05, 4.69) is 4.98 Å². The minimum Gasteiger partial charge on any atom is -0.494 e. The lowest BCUT2D eigenvalue weighted by atomic mass is 10.2. The molecule has 1 saturated heterocycles. The van der Waals surface area contributed by atoms with E-state index in [1.165, 1.54) is 11.7 Å². The second kappa shape index (κ2) is 4.12. The predicted molar refractivity (Wildman–Crippen MR) is 71.4 cm³/mol. The molecule has 3 rings (SSSR count). The molecule has 0 radical (unpaired) electrons. The highest BCUT2D eigenvalue weighted by molar-refractivity contribution is 7.91. The lowest BCUT2D eigenvalue weighted by Gasteiger charge is -2.10. The first-order valence-electron chi connectivity index (χ1n) is 5.99. The maximum Gasteiger partial charge on any atom is 0.326 e. The number of fused-ring (bicyclic) bond motifs is 1. The summed E-state index contributed by atoms with van der Waals surface area (Å²) in [6.45, 7) is 0. The van der Waals surface area contributed by atoms with Gasteiger partial charge in [0.1, 0.15) is 11.3 Å². The summed E-state index contributed by atoms with van der Waals surface area (Å²) in [6.07, 6.45) is 0.479. The number of methoxy groups -OCH3 is 1. The number of benzene rings is 1. The van der Waals surface area contributed by atoms with Crippen LogP contribution in [0.4, 0.5) is 0 Å². The van der Waals surface area contributed by atoms with Crippen LogP contribution in [0.1, 0.15) is 12.5 Å². The SMILES string of the molecule is COc1cccc2c1[nH]c(=O)n2C1CCS(=O)(=O)C1. The average molecular weight is 282 g/mol. The summed E-state index contributed by atoms with van der Waals surface area (Å²) in [4.78, 5) is 14.8. The lowest BCUT2D eigenvalue weighted by Crippen LogP contribution is -2.23. The number of hydrogen-bond donors (Lipinski definition) is 1. The molecule has 1 fully saturated rings. The summed E-state index contributed by atoms with van der Waals surface area (Å²) in [5, 5.41) is 0. The molecule has 0 amide bonds. The molecule has 1 aromatic carbocycles. The summed E-state index contributed by atoms with van der Waals surface area (Å²) < 4.78 is 29.8. The van der Waals surface area contributed by atoms with Crippen molar-refractivity contribution in [2.45, 2.75) is 12.5 Å². The summed E-state index contributed by atoms with van der Waals surface area (Å²) in [5.74, 6) is 0.742. The fourth-order valence-electron chi connectivity index (χ4n) is 2.63. The highest BCUT2D eigenvalue weighted by Crippen LogP contribution is 2.28. The van der Waals surface area contributed by atoms with Gasteiger partial charge in [-0.3, -0.25) is 4.57 Å². The Morgan fingerprint density at radius 3 is 2.84 bits per heavy atom. The van der Waals surface area contributed by atoms with Crippen LogP contribution in [0.2, 0.25) is 0 Å². The Balaban J connectivity index is 2.20. The first-order valence-corrected chi connectivity index (χ1v) is 7.81. The molecule has 6 nitrogen and oxygen atoms in total. The summed E-state index contributed by atoms with van der Waals surface area (Å²) >= 11 is 0. The molecule has 1 atom stereocenters. The fraction of sp³-hybridized carbons (Fsp3) is 0.417. The lowest BCUT2D eigenvalue weighted by molar-refractivity contribution is 0.419. The third kappa shape index (κ3) is 1.94. The van der Waals surface area contributed by atoms with Crippen molar-refractivity contribution < 1.29 is 13.2 Å². The zero-order chi connectivity index (χ0) is 13.6. The van der Waals surface area contributed by atoms with Gasteiger partial charge < -0.3 is 9.72 Å². The van der Waals surface area contributed by atoms with Crippen LogP contribution in [-0.2, 0) is 9.84 Å². The highest BCUT2D eigenvalue weighted by Gasteiger charge is 2.31. The second-order valence-corrected chi connectivity index (χ2v) is 6.94. The number of aromatic amines is 1. The number of imidazole rings is 1. The molecule has 0 spiro atoms. The average Bonchev–Trinajstić information content (AvgIpc) is 2.87. The third-order valence-corrected chi connectivity index (χ3v) is 5.26. The molecule has 0 saturated carbocycles. The summed E-state index contributed by atoms with van der Waals surface area (Å²) in [7, 11) is -1.50. The number of rotatable bonds is 2. The van der Waals surface area contributed by atoms with Gasteiger partial charge in [-0.2, -0.15) is 0 Å². The van der Waals surface area contributed by atoms with E-state index in [0.717, 1.165) is 0 Å². The minimum absolute atomic E-state index is 0.0249. The normalized spacial score (nSPS) is 21.8. The number of para-hydroxylation sites is 1. The van der Waals surface area contributed by atoms with Crippen LogP contribution in [0.25, 0.3) is 11.0 Å². The van der Waals surface area contributed by atoms with E-state index in [4.69, 9.17) is 4.74 Å². The van der Waals surface area contributed by atoms with E-state index in [1.807, 2.05) is 0 Å². The van der Waals surface area contributed by atoms with Gasteiger partial charge in [-0.15, -0.1) is 0 Å². The first-order chi connectivity index (χ1) is 9.02. The molecule has 1 unspecified atom stereocenters. The van der Waals surface area contributed by atoms with E-state index >= 15 is 0 Å². The quantitative estimate of drug-likeness (QED) is 0.879. The Hall–Kier alpha value is -1.76. The van der Waals surface area contributed by atoms with Gasteiger partial charge in [-0.05, 0) is 18.6 Å². The van der Waals surface area contributed by atoms with Gasteiger partial charge in [-0.25, -0.2) is 13.2 Å². The second-order valence-electron chi connectivity index (χ2n) is 4.71. The number of nitrogens with one attached hydrogen (secondary N) is 1. The van der Waals surface area contributed by atoms with Crippen molar-refractivity contribution >= 4 is 20.9 Å². The Kier molecular flexibility index (Phi) is 2.67. The third-order valence-electron chi connectivity index (χ3n) is 3.51. The van der Waals surface area contributed by atoms with Crippen LogP contribution >= 0.6 is 0 Å². The number of hydrogen-bond acceptors (Lipinski definition) is 4. The van der Waals surface area contributed by atoms with Crippen LogP contribution in [0.15, 0.2) is 23.0 Å². The summed E-state index contributed by atoms with van der Waals surface area (Å²) in [6, 6.07) is 5.04. The van der Waals surface area contributed by atoms with E-state index < -0.39 is 9.84 Å². The predicted octanol–water partition coefficient (Wildman–Crippen LogP) is 0.698. The van der Waals surface area contributed by atoms with E-state index in [-0.39, 0.29) is 23.2 Å². The number of sulfone groups is 1. The van der Waals surface area contributed by atoms with Crippen molar-refractivity contribution in [1.29, 1.82) is 0 Å². The van der Waals surface area contributed by atoms with Gasteiger partial charge >= 0.3 is 5.69 Å². The Bertz CT molecular complexity index is 788. The molecule has 0 bridgehead atoms. The summed E-state index contributed by atoms with van der Waals surface area (Å²) in [5.41, 5.74) is 1.01. The number of H-pyrrole nitrogens is 1. The topological polar surface area (TPSA) is 81.2 Å². The Labute approximate surface area is 109 Å². The number of nitrogens with zero attached hydrogens (tertiary/aromatic N) is 1. The van der Waals surface area contributed by atoms with Crippen LogP contribution in [0, 0.1) is 0 Å². The van der Waals surface area contributed by atoms with Gasteiger partial charge in [-0.1, -0.05) is 6.07 Å². The van der Waals surface area contributed by atoms with Crippen molar-refractivity contribution in [2.75, 3.05) is 18.6 Å². The fourth-order valence-corrected chi connectivity index (χ4v) is 4.33. The van der Waals surface area contributed by atoms with Crippen LogP contribution in [0.3, 0.4) is 0 Å².